The summed E-state index contributed by atoms with van der Waals surface area (Å²) in [5.74, 6) is -0.222. The fourth-order valence-corrected chi connectivity index (χ4v) is 4.71. The fraction of sp³-hybridized carbons (Fsp3) is 0.909. The maximum Gasteiger partial charge on any atom is 0.331 e. The molecule has 1 atom stereocenters. The minimum Gasteiger partial charge on any atom is -0.391 e. The van der Waals surface area contributed by atoms with E-state index in [1.807, 2.05) is 0 Å². The van der Waals surface area contributed by atoms with E-state index >= 15 is 0 Å². The van der Waals surface area contributed by atoms with Crippen LogP contribution in [0, 0.1) is 11.3 Å². The van der Waals surface area contributed by atoms with Gasteiger partial charge in [0.1, 0.15) is 0 Å². The molecule has 25 heavy (non-hydrogen) atoms. The van der Waals surface area contributed by atoms with Gasteiger partial charge in [-0.05, 0) is 25.2 Å². The molecule has 2 aliphatic rings. The first-order valence-electron chi connectivity index (χ1n) is 11.0. The van der Waals surface area contributed by atoms with Gasteiger partial charge < -0.3 is 4.74 Å². The van der Waals surface area contributed by atoms with Crippen LogP contribution in [0.15, 0.2) is 0 Å². The molecule has 1 spiro atoms. The van der Waals surface area contributed by atoms with Crippen LogP contribution in [0.4, 0.5) is 0 Å². The molecule has 0 amide bonds. The van der Waals surface area contributed by atoms with Crippen LogP contribution < -0.4 is 0 Å². The number of hydrogen-bond donors (Lipinski definition) is 0. The lowest BCUT2D eigenvalue weighted by atomic mass is 9.62. The van der Waals surface area contributed by atoms with Crippen LogP contribution in [0.3, 0.4) is 0 Å². The van der Waals surface area contributed by atoms with Crippen molar-refractivity contribution in [2.75, 3.05) is 0 Å². The summed E-state index contributed by atoms with van der Waals surface area (Å²) >= 11 is 0. The van der Waals surface area contributed by atoms with Crippen LogP contribution in [0.5, 0.6) is 0 Å². The van der Waals surface area contributed by atoms with E-state index < -0.39 is 5.41 Å². The van der Waals surface area contributed by atoms with Crippen LogP contribution >= 0.6 is 0 Å². The number of carbonyl (C=O) groups excluding carboxylic acids is 2. The zero-order valence-electron chi connectivity index (χ0n) is 16.3. The highest BCUT2D eigenvalue weighted by atomic mass is 16.6. The molecule has 0 aromatic heterocycles. The van der Waals surface area contributed by atoms with E-state index in [4.69, 9.17) is 4.74 Å². The van der Waals surface area contributed by atoms with Gasteiger partial charge in [-0.1, -0.05) is 96.8 Å². The molecule has 2 rings (SSSR count). The highest BCUT2D eigenvalue weighted by Gasteiger charge is 2.63. The molecule has 0 aromatic rings. The van der Waals surface area contributed by atoms with Crippen molar-refractivity contribution >= 4 is 11.9 Å². The Morgan fingerprint density at radius 2 is 1.32 bits per heavy atom. The fourth-order valence-electron chi connectivity index (χ4n) is 4.71. The Morgan fingerprint density at radius 3 is 1.84 bits per heavy atom. The molecule has 3 heteroatoms. The van der Waals surface area contributed by atoms with E-state index in [0.29, 0.717) is 0 Å². The second-order valence-corrected chi connectivity index (χ2v) is 8.27. The third-order valence-corrected chi connectivity index (χ3v) is 6.39. The number of hydrogen-bond acceptors (Lipinski definition) is 3. The molecule has 0 N–H and O–H groups in total. The Bertz CT molecular complexity index is 401. The molecule has 0 aromatic carbocycles. The van der Waals surface area contributed by atoms with Crippen LogP contribution in [0.1, 0.15) is 116 Å². The molecule has 144 valence electrons. The van der Waals surface area contributed by atoms with Crippen molar-refractivity contribution in [1.29, 1.82) is 0 Å². The van der Waals surface area contributed by atoms with Crippen molar-refractivity contribution in [2.45, 2.75) is 116 Å². The van der Waals surface area contributed by atoms with Gasteiger partial charge in [-0.15, -0.1) is 0 Å². The number of ether oxygens (including phenoxy) is 1. The van der Waals surface area contributed by atoms with E-state index in [0.717, 1.165) is 38.5 Å². The lowest BCUT2D eigenvalue weighted by Gasteiger charge is -2.45. The maximum atomic E-state index is 11.9. The van der Waals surface area contributed by atoms with E-state index in [1.54, 1.807) is 0 Å². The summed E-state index contributed by atoms with van der Waals surface area (Å²) in [5.41, 5.74) is -0.726. The third kappa shape index (κ3) is 5.56. The molecule has 1 saturated heterocycles. The standard InChI is InChI=1S/C22H38O3/c1-2-3-4-5-6-7-8-9-10-11-12-13-16-19-17-14-15-18-22(19)20(23)25-21(22)24/h19H,2-18H2,1H3. The molecule has 1 aliphatic carbocycles. The lowest BCUT2D eigenvalue weighted by molar-refractivity contribution is -0.206. The van der Waals surface area contributed by atoms with Gasteiger partial charge in [0, 0.05) is 0 Å². The quantitative estimate of drug-likeness (QED) is 0.221. The molecular formula is C22H38O3. The summed E-state index contributed by atoms with van der Waals surface area (Å²) in [5, 5.41) is 0. The van der Waals surface area contributed by atoms with Gasteiger partial charge in [0.25, 0.3) is 0 Å². The van der Waals surface area contributed by atoms with Crippen molar-refractivity contribution in [3.8, 4) is 0 Å². The van der Waals surface area contributed by atoms with E-state index in [2.05, 4.69) is 6.92 Å². The van der Waals surface area contributed by atoms with Crippen molar-refractivity contribution < 1.29 is 14.3 Å². The van der Waals surface area contributed by atoms with Gasteiger partial charge in [-0.3, -0.25) is 9.59 Å². The van der Waals surface area contributed by atoms with Crippen molar-refractivity contribution in [3.05, 3.63) is 0 Å². The first kappa shape index (κ1) is 20.5. The minimum absolute atomic E-state index is 0.235. The zero-order chi connectivity index (χ0) is 18.0. The zero-order valence-corrected chi connectivity index (χ0v) is 16.3. The number of unbranched alkanes of at least 4 members (excludes halogenated alkanes) is 11. The summed E-state index contributed by atoms with van der Waals surface area (Å²) in [6, 6.07) is 0. The summed E-state index contributed by atoms with van der Waals surface area (Å²) in [6.07, 6.45) is 21.1. The number of cyclic esters (lactones) is 2. The van der Waals surface area contributed by atoms with Gasteiger partial charge in [0.05, 0.1) is 0 Å². The van der Waals surface area contributed by atoms with E-state index in [1.165, 1.54) is 70.6 Å². The molecular weight excluding hydrogens is 312 g/mol. The summed E-state index contributed by atoms with van der Waals surface area (Å²) in [4.78, 5) is 23.8. The Labute approximate surface area is 154 Å². The van der Waals surface area contributed by atoms with Gasteiger partial charge >= 0.3 is 11.9 Å². The number of rotatable bonds is 13. The van der Waals surface area contributed by atoms with Crippen LogP contribution in [0.25, 0.3) is 0 Å². The highest BCUT2D eigenvalue weighted by molar-refractivity contribution is 6.14. The van der Waals surface area contributed by atoms with Crippen molar-refractivity contribution in [2.24, 2.45) is 11.3 Å². The molecule has 2 fully saturated rings. The maximum absolute atomic E-state index is 11.9. The molecule has 0 bridgehead atoms. The van der Waals surface area contributed by atoms with Crippen LogP contribution in [0.2, 0.25) is 0 Å². The normalized spacial score (nSPS) is 22.0. The van der Waals surface area contributed by atoms with Crippen LogP contribution in [-0.4, -0.2) is 11.9 Å². The van der Waals surface area contributed by atoms with E-state index in [9.17, 15) is 9.59 Å². The highest BCUT2D eigenvalue weighted by Crippen LogP contribution is 2.50. The Kier molecular flexibility index (Phi) is 8.98. The van der Waals surface area contributed by atoms with Crippen molar-refractivity contribution in [1.82, 2.24) is 0 Å². The van der Waals surface area contributed by atoms with Gasteiger partial charge in [-0.2, -0.15) is 0 Å². The molecule has 1 heterocycles. The molecule has 3 nitrogen and oxygen atoms in total. The topological polar surface area (TPSA) is 43.4 Å². The van der Waals surface area contributed by atoms with E-state index in [-0.39, 0.29) is 17.9 Å². The monoisotopic (exact) mass is 350 g/mol. The van der Waals surface area contributed by atoms with Gasteiger partial charge in [0.15, 0.2) is 5.41 Å². The van der Waals surface area contributed by atoms with Crippen LogP contribution in [-0.2, 0) is 14.3 Å². The summed E-state index contributed by atoms with van der Waals surface area (Å²) in [7, 11) is 0. The third-order valence-electron chi connectivity index (χ3n) is 6.39. The summed E-state index contributed by atoms with van der Waals surface area (Å²) < 4.78 is 4.70. The predicted octanol–water partition coefficient (Wildman–Crippen LogP) is 6.34. The largest absolute Gasteiger partial charge is 0.391 e. The number of carbonyl (C=O) groups is 2. The Morgan fingerprint density at radius 1 is 0.800 bits per heavy atom. The Hall–Kier alpha value is -0.860. The second-order valence-electron chi connectivity index (χ2n) is 8.27. The average molecular weight is 351 g/mol. The minimum atomic E-state index is -0.726. The second kappa shape index (κ2) is 11.0. The average Bonchev–Trinajstić information content (AvgIpc) is 2.63. The summed E-state index contributed by atoms with van der Waals surface area (Å²) in [6.45, 7) is 2.27. The molecule has 1 unspecified atom stereocenters. The smallest absolute Gasteiger partial charge is 0.331 e. The molecule has 1 aliphatic heterocycles. The lowest BCUT2D eigenvalue weighted by Crippen LogP contribution is -2.58. The Balaban J connectivity index is 1.47. The molecule has 1 saturated carbocycles. The first-order chi connectivity index (χ1) is 12.2. The SMILES string of the molecule is CCCCCCCCCCCCCCC1CCCCC12C(=O)OC2=O. The van der Waals surface area contributed by atoms with Crippen molar-refractivity contribution in [3.63, 3.8) is 0 Å². The van der Waals surface area contributed by atoms with Gasteiger partial charge in [-0.25, -0.2) is 0 Å². The first-order valence-corrected chi connectivity index (χ1v) is 11.0. The van der Waals surface area contributed by atoms with Gasteiger partial charge in [0.2, 0.25) is 0 Å². The predicted molar refractivity (Wildman–Crippen MR) is 101 cm³/mol. The molecule has 0 radical (unpaired) electrons. The number of esters is 2.